The molecule has 0 spiro atoms. The van der Waals surface area contributed by atoms with Gasteiger partial charge < -0.3 is 9.47 Å². The number of aromatic nitrogens is 2. The van der Waals surface area contributed by atoms with Crippen LogP contribution in [0.4, 0.5) is 0 Å². The van der Waals surface area contributed by atoms with Crippen LogP contribution in [-0.4, -0.2) is 63.0 Å². The topological polar surface area (TPSA) is 73.7 Å². The summed E-state index contributed by atoms with van der Waals surface area (Å²) in [5.41, 5.74) is 0.539. The Morgan fingerprint density at radius 1 is 1.22 bits per heavy atom. The molecule has 2 aromatic rings. The number of hydrogen-bond acceptors (Lipinski definition) is 6. The Morgan fingerprint density at radius 2 is 1.89 bits per heavy atom. The zero-order valence-electron chi connectivity index (χ0n) is 15.8. The van der Waals surface area contributed by atoms with Crippen LogP contribution in [-0.2, 0) is 19.5 Å². The second-order valence-corrected chi connectivity index (χ2v) is 9.48. The average molecular weight is 414 g/mol. The Bertz CT molecular complexity index is 804. The number of methoxy groups -OCH3 is 2. The fourth-order valence-electron chi connectivity index (χ4n) is 3.38. The molecule has 27 heavy (non-hydrogen) atoms. The molecule has 0 N–H and O–H groups in total. The third kappa shape index (κ3) is 4.60. The number of nitrogens with zero attached hydrogens (tertiary/aromatic N) is 3. The Hall–Kier alpha value is -1.26. The molecule has 0 radical (unpaired) electrons. The second-order valence-electron chi connectivity index (χ2n) is 6.63. The lowest BCUT2D eigenvalue weighted by atomic mass is 10.3. The van der Waals surface area contributed by atoms with Crippen LogP contribution in [0.2, 0.25) is 0 Å². The van der Waals surface area contributed by atoms with Gasteiger partial charge in [0, 0.05) is 33.5 Å². The largest absolute Gasteiger partial charge is 0.383 e. The number of thiophene rings is 1. The first-order chi connectivity index (χ1) is 13.1. The fourth-order valence-corrected chi connectivity index (χ4v) is 5.71. The highest BCUT2D eigenvalue weighted by Crippen LogP contribution is 2.35. The Kier molecular flexibility index (Phi) is 7.04. The molecule has 1 aliphatic rings. The molecule has 7 nitrogen and oxygen atoms in total. The van der Waals surface area contributed by atoms with Gasteiger partial charge in [0.1, 0.15) is 10.6 Å². The van der Waals surface area contributed by atoms with E-state index >= 15 is 0 Å². The van der Waals surface area contributed by atoms with Crippen molar-refractivity contribution in [2.75, 3.05) is 40.5 Å². The Balaban J connectivity index is 2.00. The average Bonchev–Trinajstić information content (AvgIpc) is 3.41. The maximum Gasteiger partial charge on any atom is 0.247 e. The van der Waals surface area contributed by atoms with E-state index in [-0.39, 0.29) is 24.0 Å². The van der Waals surface area contributed by atoms with Crippen molar-refractivity contribution < 1.29 is 17.9 Å². The summed E-state index contributed by atoms with van der Waals surface area (Å²) in [6, 6.07) is 4.11. The molecule has 0 unspecified atom stereocenters. The molecule has 9 heteroatoms. The predicted octanol–water partition coefficient (Wildman–Crippen LogP) is 3.01. The van der Waals surface area contributed by atoms with Crippen LogP contribution in [0.1, 0.15) is 31.7 Å². The minimum Gasteiger partial charge on any atom is -0.383 e. The van der Waals surface area contributed by atoms with Gasteiger partial charge in [-0.2, -0.15) is 9.40 Å². The van der Waals surface area contributed by atoms with E-state index in [1.165, 1.54) is 15.6 Å². The summed E-state index contributed by atoms with van der Waals surface area (Å²) < 4.78 is 40.4. The van der Waals surface area contributed by atoms with Crippen molar-refractivity contribution in [2.24, 2.45) is 0 Å². The van der Waals surface area contributed by atoms with Crippen molar-refractivity contribution in [3.05, 3.63) is 23.7 Å². The van der Waals surface area contributed by atoms with Gasteiger partial charge in [-0.05, 0) is 24.3 Å². The molecule has 0 aliphatic heterocycles. The van der Waals surface area contributed by atoms with Crippen LogP contribution < -0.4 is 0 Å². The zero-order valence-corrected chi connectivity index (χ0v) is 17.5. The van der Waals surface area contributed by atoms with Gasteiger partial charge in [-0.1, -0.05) is 18.9 Å². The summed E-state index contributed by atoms with van der Waals surface area (Å²) in [7, 11) is -0.583. The van der Waals surface area contributed by atoms with Gasteiger partial charge in [0.25, 0.3) is 0 Å². The number of rotatable bonds is 10. The normalized spacial score (nSPS) is 15.8. The molecule has 0 saturated heterocycles. The Labute approximate surface area is 164 Å². The molecule has 0 aromatic carbocycles. The molecule has 1 aliphatic carbocycles. The summed E-state index contributed by atoms with van der Waals surface area (Å²) in [6.07, 6.45) is 6.13. The monoisotopic (exact) mass is 413 g/mol. The van der Waals surface area contributed by atoms with E-state index < -0.39 is 10.0 Å². The summed E-state index contributed by atoms with van der Waals surface area (Å²) in [4.78, 5) is 1.13. The standard InChI is InChI=1S/C18H27N3O4S2/c1-24-11-9-20(10-12-25-2)27(22,23)17-14-21(15-6-3-4-7-15)19-18(17)16-8-5-13-26-16/h5,8,13-15H,3-4,6-7,9-12H2,1-2H3. The molecule has 3 rings (SSSR count). The lowest BCUT2D eigenvalue weighted by Crippen LogP contribution is -2.36. The van der Waals surface area contributed by atoms with Crippen molar-refractivity contribution in [2.45, 2.75) is 36.6 Å². The van der Waals surface area contributed by atoms with Crippen LogP contribution in [0.3, 0.4) is 0 Å². The molecule has 2 heterocycles. The van der Waals surface area contributed by atoms with E-state index in [1.54, 1.807) is 20.4 Å². The van der Waals surface area contributed by atoms with Crippen molar-refractivity contribution in [1.82, 2.24) is 14.1 Å². The second kappa shape index (κ2) is 9.29. The lowest BCUT2D eigenvalue weighted by molar-refractivity contribution is 0.150. The van der Waals surface area contributed by atoms with Gasteiger partial charge in [-0.3, -0.25) is 4.68 Å². The minimum absolute atomic E-state index is 0.268. The van der Waals surface area contributed by atoms with Gasteiger partial charge in [-0.25, -0.2) is 8.42 Å². The molecular formula is C18H27N3O4S2. The van der Waals surface area contributed by atoms with Gasteiger partial charge in [0.05, 0.1) is 24.1 Å². The van der Waals surface area contributed by atoms with Crippen LogP contribution in [0.5, 0.6) is 0 Å². The van der Waals surface area contributed by atoms with Crippen LogP contribution >= 0.6 is 11.3 Å². The lowest BCUT2D eigenvalue weighted by Gasteiger charge is -2.21. The highest BCUT2D eigenvalue weighted by Gasteiger charge is 2.32. The smallest absolute Gasteiger partial charge is 0.247 e. The predicted molar refractivity (Wildman–Crippen MR) is 106 cm³/mol. The molecule has 1 fully saturated rings. The maximum atomic E-state index is 13.5. The minimum atomic E-state index is -3.71. The van der Waals surface area contributed by atoms with Crippen molar-refractivity contribution in [3.8, 4) is 10.6 Å². The van der Waals surface area contributed by atoms with E-state index in [0.29, 0.717) is 18.9 Å². The molecule has 0 amide bonds. The fraction of sp³-hybridized carbons (Fsp3) is 0.611. The first kappa shape index (κ1) is 20.5. The molecule has 0 bridgehead atoms. The van der Waals surface area contributed by atoms with Gasteiger partial charge in [0.15, 0.2) is 0 Å². The molecule has 1 saturated carbocycles. The van der Waals surface area contributed by atoms with Crippen LogP contribution in [0.25, 0.3) is 10.6 Å². The van der Waals surface area contributed by atoms with Gasteiger partial charge in [0.2, 0.25) is 10.0 Å². The molecule has 0 atom stereocenters. The van der Waals surface area contributed by atoms with Crippen LogP contribution in [0, 0.1) is 0 Å². The first-order valence-corrected chi connectivity index (χ1v) is 11.5. The van der Waals surface area contributed by atoms with E-state index in [1.807, 2.05) is 22.2 Å². The molecule has 150 valence electrons. The van der Waals surface area contributed by atoms with Gasteiger partial charge >= 0.3 is 0 Å². The molecule has 2 aromatic heterocycles. The van der Waals surface area contributed by atoms with Crippen LogP contribution in [0.15, 0.2) is 28.6 Å². The van der Waals surface area contributed by atoms with Gasteiger partial charge in [-0.15, -0.1) is 11.3 Å². The summed E-state index contributed by atoms with van der Waals surface area (Å²) >= 11 is 1.50. The van der Waals surface area contributed by atoms with Crippen molar-refractivity contribution in [1.29, 1.82) is 0 Å². The SMILES string of the molecule is COCCN(CCOC)S(=O)(=O)c1cn(C2CCCC2)nc1-c1cccs1. The van der Waals surface area contributed by atoms with E-state index in [0.717, 1.165) is 30.6 Å². The highest BCUT2D eigenvalue weighted by atomic mass is 32.2. The number of ether oxygens (including phenoxy) is 2. The molecular weight excluding hydrogens is 386 g/mol. The number of hydrogen-bond donors (Lipinski definition) is 0. The van der Waals surface area contributed by atoms with Crippen molar-refractivity contribution in [3.63, 3.8) is 0 Å². The van der Waals surface area contributed by atoms with E-state index in [4.69, 9.17) is 14.6 Å². The third-order valence-corrected chi connectivity index (χ3v) is 7.64. The van der Waals surface area contributed by atoms with E-state index in [2.05, 4.69) is 0 Å². The maximum absolute atomic E-state index is 13.5. The first-order valence-electron chi connectivity index (χ1n) is 9.19. The Morgan fingerprint density at radius 3 is 2.44 bits per heavy atom. The quantitative estimate of drug-likeness (QED) is 0.599. The zero-order chi connectivity index (χ0) is 19.3. The summed E-state index contributed by atoms with van der Waals surface area (Å²) in [5, 5.41) is 6.64. The van der Waals surface area contributed by atoms with Crippen molar-refractivity contribution >= 4 is 21.4 Å². The highest BCUT2D eigenvalue weighted by molar-refractivity contribution is 7.89. The van der Waals surface area contributed by atoms with E-state index in [9.17, 15) is 8.42 Å². The third-order valence-electron chi connectivity index (χ3n) is 4.86. The summed E-state index contributed by atoms with van der Waals surface area (Å²) in [5.74, 6) is 0. The summed E-state index contributed by atoms with van der Waals surface area (Å²) in [6.45, 7) is 1.21. The number of sulfonamides is 1.